The fourth-order valence-corrected chi connectivity index (χ4v) is 3.77. The molecule has 0 aromatic heterocycles. The van der Waals surface area contributed by atoms with Gasteiger partial charge in [-0.3, -0.25) is 0 Å². The SMILES string of the molecule is CC(N)c1ccc(S(=O)(=O)NC2(C)CCCOC2)cc1. The van der Waals surface area contributed by atoms with Crippen LogP contribution in [0.15, 0.2) is 29.2 Å². The van der Waals surface area contributed by atoms with Gasteiger partial charge < -0.3 is 10.5 Å². The Labute approximate surface area is 120 Å². The molecule has 112 valence electrons. The summed E-state index contributed by atoms with van der Waals surface area (Å²) in [4.78, 5) is 0.258. The van der Waals surface area contributed by atoms with Crippen molar-refractivity contribution < 1.29 is 13.2 Å². The molecule has 0 radical (unpaired) electrons. The number of benzene rings is 1. The molecule has 3 N–H and O–H groups in total. The summed E-state index contributed by atoms with van der Waals surface area (Å²) in [6.07, 6.45) is 1.65. The molecule has 2 atom stereocenters. The molecule has 1 fully saturated rings. The Bertz CT molecular complexity index is 546. The summed E-state index contributed by atoms with van der Waals surface area (Å²) >= 11 is 0. The quantitative estimate of drug-likeness (QED) is 0.883. The van der Waals surface area contributed by atoms with E-state index >= 15 is 0 Å². The minimum atomic E-state index is -3.53. The highest BCUT2D eigenvalue weighted by Crippen LogP contribution is 2.22. The molecule has 0 amide bonds. The van der Waals surface area contributed by atoms with Gasteiger partial charge in [0.05, 0.1) is 17.0 Å². The number of sulfonamides is 1. The lowest BCUT2D eigenvalue weighted by molar-refractivity contribution is 0.0386. The van der Waals surface area contributed by atoms with Crippen LogP contribution in [0.2, 0.25) is 0 Å². The molecular formula is C14H22N2O3S. The first kappa shape index (κ1) is 15.4. The molecule has 2 rings (SSSR count). The van der Waals surface area contributed by atoms with E-state index < -0.39 is 15.6 Å². The van der Waals surface area contributed by atoms with Gasteiger partial charge in [0.25, 0.3) is 0 Å². The Balaban J connectivity index is 2.17. The molecule has 1 saturated heterocycles. The topological polar surface area (TPSA) is 81.4 Å². The third-order valence-corrected chi connectivity index (χ3v) is 5.19. The predicted octanol–water partition coefficient (Wildman–Crippen LogP) is 1.55. The van der Waals surface area contributed by atoms with Gasteiger partial charge in [0.2, 0.25) is 10.0 Å². The summed E-state index contributed by atoms with van der Waals surface area (Å²) in [5.41, 5.74) is 6.14. The van der Waals surface area contributed by atoms with E-state index in [-0.39, 0.29) is 10.9 Å². The maximum absolute atomic E-state index is 12.4. The van der Waals surface area contributed by atoms with E-state index in [2.05, 4.69) is 4.72 Å². The lowest BCUT2D eigenvalue weighted by Crippen LogP contribution is -2.51. The van der Waals surface area contributed by atoms with Crippen LogP contribution < -0.4 is 10.5 Å². The first-order chi connectivity index (χ1) is 9.32. The van der Waals surface area contributed by atoms with Crippen molar-refractivity contribution in [3.8, 4) is 0 Å². The second kappa shape index (κ2) is 5.81. The number of ether oxygens (including phenoxy) is 1. The summed E-state index contributed by atoms with van der Waals surface area (Å²) < 4.78 is 32.9. The first-order valence-electron chi connectivity index (χ1n) is 6.80. The van der Waals surface area contributed by atoms with Gasteiger partial charge in [0, 0.05) is 12.6 Å². The van der Waals surface area contributed by atoms with Gasteiger partial charge >= 0.3 is 0 Å². The maximum atomic E-state index is 12.4. The second-order valence-electron chi connectivity index (χ2n) is 5.68. The lowest BCUT2D eigenvalue weighted by atomic mass is 9.97. The zero-order chi connectivity index (χ0) is 14.8. The molecule has 1 aromatic rings. The molecule has 20 heavy (non-hydrogen) atoms. The van der Waals surface area contributed by atoms with Crippen LogP contribution in [0, 0.1) is 0 Å². The molecular weight excluding hydrogens is 276 g/mol. The third kappa shape index (κ3) is 3.58. The molecule has 0 saturated carbocycles. The van der Waals surface area contributed by atoms with Gasteiger partial charge in [-0.05, 0) is 44.4 Å². The number of hydrogen-bond acceptors (Lipinski definition) is 4. The van der Waals surface area contributed by atoms with E-state index in [0.717, 1.165) is 18.4 Å². The van der Waals surface area contributed by atoms with E-state index in [4.69, 9.17) is 10.5 Å². The van der Waals surface area contributed by atoms with Crippen molar-refractivity contribution in [1.82, 2.24) is 4.72 Å². The maximum Gasteiger partial charge on any atom is 0.241 e. The summed E-state index contributed by atoms with van der Waals surface area (Å²) in [6.45, 7) is 4.84. The standard InChI is InChI=1S/C14H22N2O3S/c1-11(15)12-4-6-13(7-5-12)20(17,18)16-14(2)8-3-9-19-10-14/h4-7,11,16H,3,8-10,15H2,1-2H3. The van der Waals surface area contributed by atoms with Crippen LogP contribution in [0.25, 0.3) is 0 Å². The number of hydrogen-bond donors (Lipinski definition) is 2. The minimum Gasteiger partial charge on any atom is -0.380 e. The summed E-state index contributed by atoms with van der Waals surface area (Å²) in [5, 5.41) is 0. The Morgan fingerprint density at radius 1 is 1.35 bits per heavy atom. The van der Waals surface area contributed by atoms with Crippen molar-refractivity contribution in [3.05, 3.63) is 29.8 Å². The van der Waals surface area contributed by atoms with Gasteiger partial charge in [-0.1, -0.05) is 12.1 Å². The van der Waals surface area contributed by atoms with Crippen molar-refractivity contribution >= 4 is 10.0 Å². The van der Waals surface area contributed by atoms with Gasteiger partial charge in [-0.25, -0.2) is 13.1 Å². The van der Waals surface area contributed by atoms with Gasteiger partial charge in [-0.15, -0.1) is 0 Å². The largest absolute Gasteiger partial charge is 0.380 e. The molecule has 0 aliphatic carbocycles. The van der Waals surface area contributed by atoms with E-state index in [0.29, 0.717) is 13.2 Å². The Kier molecular flexibility index (Phi) is 4.49. The molecule has 0 spiro atoms. The average Bonchev–Trinajstić information content (AvgIpc) is 2.38. The van der Waals surface area contributed by atoms with E-state index in [1.807, 2.05) is 13.8 Å². The Hall–Kier alpha value is -0.950. The second-order valence-corrected chi connectivity index (χ2v) is 7.36. The van der Waals surface area contributed by atoms with Gasteiger partial charge in [-0.2, -0.15) is 0 Å². The Morgan fingerprint density at radius 3 is 2.50 bits per heavy atom. The monoisotopic (exact) mass is 298 g/mol. The smallest absolute Gasteiger partial charge is 0.241 e. The van der Waals surface area contributed by atoms with E-state index in [1.165, 1.54) is 0 Å². The highest BCUT2D eigenvalue weighted by atomic mass is 32.2. The van der Waals surface area contributed by atoms with Crippen LogP contribution in [0.3, 0.4) is 0 Å². The van der Waals surface area contributed by atoms with Crippen LogP contribution in [0.1, 0.15) is 38.3 Å². The van der Waals surface area contributed by atoms with Crippen molar-refractivity contribution in [2.75, 3.05) is 13.2 Å². The summed E-state index contributed by atoms with van der Waals surface area (Å²) in [5.74, 6) is 0. The highest BCUT2D eigenvalue weighted by Gasteiger charge is 2.32. The molecule has 2 unspecified atom stereocenters. The van der Waals surface area contributed by atoms with Crippen LogP contribution in [-0.2, 0) is 14.8 Å². The highest BCUT2D eigenvalue weighted by molar-refractivity contribution is 7.89. The summed E-state index contributed by atoms with van der Waals surface area (Å²) in [7, 11) is -3.53. The van der Waals surface area contributed by atoms with E-state index in [9.17, 15) is 8.42 Å². The van der Waals surface area contributed by atoms with Gasteiger partial charge in [0.15, 0.2) is 0 Å². The molecule has 1 aromatic carbocycles. The predicted molar refractivity (Wildman–Crippen MR) is 77.8 cm³/mol. The summed E-state index contributed by atoms with van der Waals surface area (Å²) in [6, 6.07) is 6.57. The molecule has 0 bridgehead atoms. The van der Waals surface area contributed by atoms with Crippen molar-refractivity contribution in [3.63, 3.8) is 0 Å². The number of nitrogens with two attached hydrogens (primary N) is 1. The van der Waals surface area contributed by atoms with E-state index in [1.54, 1.807) is 24.3 Å². The van der Waals surface area contributed by atoms with Crippen LogP contribution >= 0.6 is 0 Å². The lowest BCUT2D eigenvalue weighted by Gasteiger charge is -2.33. The van der Waals surface area contributed by atoms with Crippen molar-refractivity contribution in [1.29, 1.82) is 0 Å². The zero-order valence-electron chi connectivity index (χ0n) is 11.9. The number of nitrogens with one attached hydrogen (secondary N) is 1. The number of rotatable bonds is 4. The van der Waals surface area contributed by atoms with Crippen LogP contribution in [0.4, 0.5) is 0 Å². The fraction of sp³-hybridized carbons (Fsp3) is 0.571. The molecule has 1 aliphatic heterocycles. The zero-order valence-corrected chi connectivity index (χ0v) is 12.7. The molecule has 1 heterocycles. The van der Waals surface area contributed by atoms with Crippen LogP contribution in [0.5, 0.6) is 0 Å². The Morgan fingerprint density at radius 2 is 2.00 bits per heavy atom. The third-order valence-electron chi connectivity index (χ3n) is 3.53. The van der Waals surface area contributed by atoms with Crippen molar-refractivity contribution in [2.24, 2.45) is 5.73 Å². The molecule has 6 heteroatoms. The first-order valence-corrected chi connectivity index (χ1v) is 8.28. The molecule has 5 nitrogen and oxygen atoms in total. The minimum absolute atomic E-state index is 0.107. The normalized spacial score (nSPS) is 25.4. The average molecular weight is 298 g/mol. The molecule has 1 aliphatic rings. The van der Waals surface area contributed by atoms with Crippen LogP contribution in [-0.4, -0.2) is 27.2 Å². The van der Waals surface area contributed by atoms with Crippen molar-refractivity contribution in [2.45, 2.75) is 43.2 Å². The fourth-order valence-electron chi connectivity index (χ4n) is 2.35. The van der Waals surface area contributed by atoms with Gasteiger partial charge in [0.1, 0.15) is 0 Å².